The second-order valence-corrected chi connectivity index (χ2v) is 15.6. The Balaban J connectivity index is 1.12. The van der Waals surface area contributed by atoms with Gasteiger partial charge in [-0.3, -0.25) is 0 Å². The van der Waals surface area contributed by atoms with E-state index in [1.165, 1.54) is 105 Å². The molecule has 268 valence electrons. The van der Waals surface area contributed by atoms with E-state index in [1.807, 2.05) is 0 Å². The molecule has 57 heavy (non-hydrogen) atoms. The van der Waals surface area contributed by atoms with E-state index in [-0.39, 0.29) is 0 Å². The molecule has 3 aliphatic rings. The summed E-state index contributed by atoms with van der Waals surface area (Å²) in [4.78, 5) is 0. The van der Waals surface area contributed by atoms with Gasteiger partial charge in [0.05, 0.1) is 22.0 Å². The highest BCUT2D eigenvalue weighted by atomic mass is 15.0. The largest absolute Gasteiger partial charge is 0.313 e. The molecule has 0 atom stereocenters. The van der Waals surface area contributed by atoms with E-state index in [2.05, 4.69) is 216 Å². The van der Waals surface area contributed by atoms with Gasteiger partial charge in [0.2, 0.25) is 0 Å². The Morgan fingerprint density at radius 3 is 1.95 bits per heavy atom. The number of nitrogens with zero attached hydrogens (tertiary/aromatic N) is 2. The fourth-order valence-corrected chi connectivity index (χ4v) is 10.3. The van der Waals surface area contributed by atoms with Gasteiger partial charge in [0.15, 0.2) is 0 Å². The minimum atomic E-state index is -0.460. The maximum atomic E-state index is 2.55. The van der Waals surface area contributed by atoms with Gasteiger partial charge in [0.25, 0.3) is 0 Å². The van der Waals surface area contributed by atoms with E-state index in [0.717, 1.165) is 6.42 Å². The Hall–Kier alpha value is -7.16. The SMILES string of the molecule is C/C=C\C=C/C1=Cc2cc3c4cc5c6c(n(-c7cccc(C8(c9ccccc9)c9ccccc9-c9ccccc98)c7)c5cc4n(-c4ccccc4)c3cc21)CC=C6. The third-order valence-electron chi connectivity index (χ3n) is 12.7. The number of fused-ring (bicyclic) bond motifs is 10. The predicted molar refractivity (Wildman–Crippen MR) is 239 cm³/mol. The molecule has 2 heteroatoms. The van der Waals surface area contributed by atoms with Crippen LogP contribution < -0.4 is 0 Å². The zero-order valence-electron chi connectivity index (χ0n) is 31.7. The summed E-state index contributed by atoms with van der Waals surface area (Å²) in [5.74, 6) is 0. The van der Waals surface area contributed by atoms with Crippen molar-refractivity contribution in [3.8, 4) is 22.5 Å². The van der Waals surface area contributed by atoms with Crippen LogP contribution in [0.3, 0.4) is 0 Å². The first-order valence-electron chi connectivity index (χ1n) is 20.0. The van der Waals surface area contributed by atoms with E-state index >= 15 is 0 Å². The maximum absolute atomic E-state index is 2.55. The van der Waals surface area contributed by atoms with Crippen molar-refractivity contribution in [2.45, 2.75) is 18.8 Å². The zero-order chi connectivity index (χ0) is 37.7. The predicted octanol–water partition coefficient (Wildman–Crippen LogP) is 13.6. The monoisotopic (exact) mass is 726 g/mol. The minimum Gasteiger partial charge on any atom is -0.313 e. The molecular weight excluding hydrogens is 689 g/mol. The third-order valence-corrected chi connectivity index (χ3v) is 12.7. The Morgan fingerprint density at radius 2 is 1.18 bits per heavy atom. The summed E-state index contributed by atoms with van der Waals surface area (Å²) in [6, 6.07) is 59.1. The van der Waals surface area contributed by atoms with Gasteiger partial charge in [-0.1, -0.05) is 146 Å². The van der Waals surface area contributed by atoms with Crippen molar-refractivity contribution in [1.29, 1.82) is 0 Å². The number of aromatic nitrogens is 2. The van der Waals surface area contributed by atoms with Gasteiger partial charge in [-0.15, -0.1) is 0 Å². The lowest BCUT2D eigenvalue weighted by Crippen LogP contribution is -2.28. The van der Waals surface area contributed by atoms with Crippen LogP contribution in [0.5, 0.6) is 0 Å². The smallest absolute Gasteiger partial charge is 0.0714 e. The van der Waals surface area contributed by atoms with Crippen molar-refractivity contribution in [2.24, 2.45) is 0 Å². The van der Waals surface area contributed by atoms with Gasteiger partial charge in [0.1, 0.15) is 0 Å². The van der Waals surface area contributed by atoms with Crippen molar-refractivity contribution in [3.05, 3.63) is 233 Å². The fraction of sp³-hybridized carbons (Fsp3) is 0.0545. The Kier molecular flexibility index (Phi) is 6.86. The van der Waals surface area contributed by atoms with Crippen molar-refractivity contribution in [1.82, 2.24) is 9.13 Å². The molecule has 12 rings (SSSR count). The average Bonchev–Trinajstić information content (AvgIpc) is 4.01. The second-order valence-electron chi connectivity index (χ2n) is 15.6. The number of allylic oxidation sites excluding steroid dienone is 6. The topological polar surface area (TPSA) is 9.86 Å². The summed E-state index contributed by atoms with van der Waals surface area (Å²) in [5.41, 5.74) is 20.0. The molecule has 0 saturated carbocycles. The Morgan fingerprint density at radius 1 is 0.526 bits per heavy atom. The molecule has 0 amide bonds. The van der Waals surface area contributed by atoms with Crippen LogP contribution in [0, 0.1) is 0 Å². The molecule has 0 radical (unpaired) electrons. The lowest BCUT2D eigenvalue weighted by Gasteiger charge is -2.34. The summed E-state index contributed by atoms with van der Waals surface area (Å²) in [5, 5.41) is 3.87. The molecule has 0 N–H and O–H groups in total. The first kappa shape index (κ1) is 32.1. The fourth-order valence-electron chi connectivity index (χ4n) is 10.3. The standard InChI is InChI=1S/C55H38N2/c1-2-3-6-17-36-30-37-31-46-48-33-47-44-26-16-29-51(44)57(53(47)35-54(48)56(52(46)34-45(36)37)40-21-9-5-10-22-40)41-23-15-20-39(32-41)55(38-18-7-4-8-19-38)49-27-13-11-24-42(49)43-25-12-14-28-50(43)55/h2-28,30-35H,29H2,1H3/b3-2-,17-6-. The lowest BCUT2D eigenvalue weighted by atomic mass is 9.67. The van der Waals surface area contributed by atoms with Crippen LogP contribution in [0.15, 0.2) is 188 Å². The van der Waals surface area contributed by atoms with Crippen molar-refractivity contribution < 1.29 is 0 Å². The summed E-state index contributed by atoms with van der Waals surface area (Å²) < 4.78 is 5.02. The third kappa shape index (κ3) is 4.41. The van der Waals surface area contributed by atoms with Gasteiger partial charge >= 0.3 is 0 Å². The number of benzene rings is 7. The molecule has 0 bridgehead atoms. The van der Waals surface area contributed by atoms with Crippen LogP contribution >= 0.6 is 0 Å². The van der Waals surface area contributed by atoms with Crippen LogP contribution in [0.25, 0.3) is 72.9 Å². The molecule has 9 aromatic rings. The highest BCUT2D eigenvalue weighted by molar-refractivity contribution is 6.17. The Bertz CT molecular complexity index is 3210. The van der Waals surface area contributed by atoms with E-state index in [1.54, 1.807) is 0 Å². The number of hydrogen-bond acceptors (Lipinski definition) is 0. The first-order chi connectivity index (χ1) is 28.2. The van der Waals surface area contributed by atoms with Crippen LogP contribution in [0.1, 0.15) is 51.6 Å². The van der Waals surface area contributed by atoms with E-state index < -0.39 is 5.41 Å². The molecule has 2 aromatic heterocycles. The van der Waals surface area contributed by atoms with Crippen LogP contribution in [0.4, 0.5) is 0 Å². The molecule has 3 aliphatic carbocycles. The van der Waals surface area contributed by atoms with E-state index in [4.69, 9.17) is 0 Å². The first-order valence-corrected chi connectivity index (χ1v) is 20.0. The molecule has 0 fully saturated rings. The van der Waals surface area contributed by atoms with Gasteiger partial charge < -0.3 is 9.13 Å². The molecule has 0 spiro atoms. The lowest BCUT2D eigenvalue weighted by molar-refractivity contribution is 0.766. The van der Waals surface area contributed by atoms with Crippen LogP contribution in [-0.2, 0) is 11.8 Å². The van der Waals surface area contributed by atoms with E-state index in [9.17, 15) is 0 Å². The summed E-state index contributed by atoms with van der Waals surface area (Å²) in [6.07, 6.45) is 16.4. The molecule has 2 nitrogen and oxygen atoms in total. The summed E-state index contributed by atoms with van der Waals surface area (Å²) in [6.45, 7) is 2.06. The molecule has 0 unspecified atom stereocenters. The number of hydrogen-bond donors (Lipinski definition) is 0. The van der Waals surface area contributed by atoms with Crippen molar-refractivity contribution >= 4 is 50.4 Å². The summed E-state index contributed by atoms with van der Waals surface area (Å²) in [7, 11) is 0. The van der Waals surface area contributed by atoms with Crippen molar-refractivity contribution in [2.75, 3.05) is 0 Å². The molecule has 0 saturated heterocycles. The second kappa shape index (κ2) is 12.2. The molecule has 0 aliphatic heterocycles. The zero-order valence-corrected chi connectivity index (χ0v) is 31.7. The number of rotatable bonds is 6. The minimum absolute atomic E-state index is 0.460. The van der Waals surface area contributed by atoms with Gasteiger partial charge in [-0.05, 0) is 112 Å². The van der Waals surface area contributed by atoms with Crippen LogP contribution in [0.2, 0.25) is 0 Å². The van der Waals surface area contributed by atoms with E-state index in [0.29, 0.717) is 0 Å². The summed E-state index contributed by atoms with van der Waals surface area (Å²) >= 11 is 0. The average molecular weight is 727 g/mol. The highest BCUT2D eigenvalue weighted by Crippen LogP contribution is 2.56. The van der Waals surface area contributed by atoms with Crippen LogP contribution in [-0.4, -0.2) is 9.13 Å². The number of para-hydroxylation sites is 1. The highest BCUT2D eigenvalue weighted by Gasteiger charge is 2.46. The Labute approximate surface area is 332 Å². The van der Waals surface area contributed by atoms with Gasteiger partial charge in [0, 0.05) is 45.2 Å². The van der Waals surface area contributed by atoms with Crippen molar-refractivity contribution in [3.63, 3.8) is 0 Å². The quantitative estimate of drug-likeness (QED) is 0.151. The molecule has 7 aromatic carbocycles. The maximum Gasteiger partial charge on any atom is 0.0714 e. The molecular formula is C55H38N2. The normalized spacial score (nSPS) is 14.7. The molecule has 2 heterocycles. The van der Waals surface area contributed by atoms with Gasteiger partial charge in [-0.2, -0.15) is 0 Å². The van der Waals surface area contributed by atoms with Gasteiger partial charge in [-0.25, -0.2) is 0 Å².